The van der Waals surface area contributed by atoms with E-state index >= 15 is 0 Å². The topological polar surface area (TPSA) is 28.2 Å². The van der Waals surface area contributed by atoms with Gasteiger partial charge in [-0.15, -0.1) is 11.3 Å². The molecule has 3 nitrogen and oxygen atoms in total. The highest BCUT2D eigenvalue weighted by Crippen LogP contribution is 2.31. The van der Waals surface area contributed by atoms with Crippen molar-refractivity contribution in [3.8, 4) is 0 Å². The molecule has 19 heavy (non-hydrogen) atoms. The number of nitrogens with zero attached hydrogens (tertiary/aromatic N) is 2. The van der Waals surface area contributed by atoms with Gasteiger partial charge >= 0.3 is 0 Å². The van der Waals surface area contributed by atoms with E-state index in [4.69, 9.17) is 4.98 Å². The van der Waals surface area contributed by atoms with Crippen molar-refractivity contribution in [2.24, 2.45) is 11.8 Å². The van der Waals surface area contributed by atoms with Gasteiger partial charge in [-0.05, 0) is 38.1 Å². The number of hydrogen-bond donors (Lipinski definition) is 1. The molecule has 1 aromatic rings. The molecule has 2 unspecified atom stereocenters. The maximum Gasteiger partial charge on any atom is 0.185 e. The van der Waals surface area contributed by atoms with Gasteiger partial charge in [0, 0.05) is 24.5 Å². The highest BCUT2D eigenvalue weighted by molar-refractivity contribution is 7.15. The molecule has 2 rings (SSSR count). The smallest absolute Gasteiger partial charge is 0.185 e. The van der Waals surface area contributed by atoms with Crippen LogP contribution in [0, 0.1) is 18.8 Å². The van der Waals surface area contributed by atoms with Gasteiger partial charge in [-0.3, -0.25) is 0 Å². The zero-order valence-corrected chi connectivity index (χ0v) is 13.5. The van der Waals surface area contributed by atoms with Crippen LogP contribution in [0.2, 0.25) is 0 Å². The number of anilines is 1. The quantitative estimate of drug-likeness (QED) is 0.838. The molecular weight excluding hydrogens is 254 g/mol. The van der Waals surface area contributed by atoms with Gasteiger partial charge in [0.15, 0.2) is 5.13 Å². The maximum atomic E-state index is 4.79. The van der Waals surface area contributed by atoms with Gasteiger partial charge in [0.1, 0.15) is 0 Å². The van der Waals surface area contributed by atoms with Crippen molar-refractivity contribution < 1.29 is 0 Å². The average molecular weight is 281 g/mol. The molecule has 1 fully saturated rings. The molecule has 1 saturated heterocycles. The fourth-order valence-corrected chi connectivity index (χ4v) is 3.96. The first-order valence-corrected chi connectivity index (χ1v) is 8.33. The summed E-state index contributed by atoms with van der Waals surface area (Å²) in [6, 6.07) is 0. The highest BCUT2D eigenvalue weighted by Gasteiger charge is 2.24. The van der Waals surface area contributed by atoms with Crippen LogP contribution in [-0.4, -0.2) is 24.6 Å². The Labute approximate surface area is 121 Å². The standard InChI is InChI=1S/C15H27N3S/c1-5-6-16-8-14-13(4)17-15(19-14)18-9-11(2)7-12(3)10-18/h11-12,16H,5-10H2,1-4H3. The summed E-state index contributed by atoms with van der Waals surface area (Å²) in [7, 11) is 0. The number of piperidine rings is 1. The van der Waals surface area contributed by atoms with E-state index in [1.807, 2.05) is 11.3 Å². The van der Waals surface area contributed by atoms with E-state index in [1.165, 1.54) is 41.6 Å². The number of nitrogens with one attached hydrogen (secondary N) is 1. The average Bonchev–Trinajstić information content (AvgIpc) is 2.70. The van der Waals surface area contributed by atoms with Gasteiger partial charge in [-0.25, -0.2) is 4.98 Å². The highest BCUT2D eigenvalue weighted by atomic mass is 32.1. The number of aromatic nitrogens is 1. The molecule has 2 atom stereocenters. The molecule has 1 aliphatic rings. The van der Waals surface area contributed by atoms with Crippen LogP contribution in [0.5, 0.6) is 0 Å². The monoisotopic (exact) mass is 281 g/mol. The summed E-state index contributed by atoms with van der Waals surface area (Å²) in [6.45, 7) is 13.4. The molecule has 0 radical (unpaired) electrons. The molecular formula is C15H27N3S. The summed E-state index contributed by atoms with van der Waals surface area (Å²) < 4.78 is 0. The Kier molecular flexibility index (Phi) is 5.22. The third-order valence-electron chi connectivity index (χ3n) is 3.73. The predicted molar refractivity (Wildman–Crippen MR) is 84.0 cm³/mol. The van der Waals surface area contributed by atoms with Crippen molar-refractivity contribution >= 4 is 16.5 Å². The van der Waals surface area contributed by atoms with Crippen LogP contribution in [0.25, 0.3) is 0 Å². The van der Waals surface area contributed by atoms with E-state index in [-0.39, 0.29) is 0 Å². The van der Waals surface area contributed by atoms with Crippen LogP contribution >= 0.6 is 11.3 Å². The minimum absolute atomic E-state index is 0.787. The van der Waals surface area contributed by atoms with E-state index in [9.17, 15) is 0 Å². The van der Waals surface area contributed by atoms with E-state index in [0.717, 1.165) is 24.9 Å². The minimum Gasteiger partial charge on any atom is -0.348 e. The van der Waals surface area contributed by atoms with Crippen LogP contribution in [0.1, 0.15) is 44.2 Å². The number of aryl methyl sites for hydroxylation is 1. The SMILES string of the molecule is CCCNCc1sc(N2CC(C)CC(C)C2)nc1C. The maximum absolute atomic E-state index is 4.79. The normalized spacial score (nSPS) is 23.9. The Morgan fingerprint density at radius 2 is 2.00 bits per heavy atom. The minimum atomic E-state index is 0.787. The molecule has 2 heterocycles. The van der Waals surface area contributed by atoms with Crippen molar-refractivity contribution in [1.82, 2.24) is 10.3 Å². The van der Waals surface area contributed by atoms with Crippen LogP contribution < -0.4 is 10.2 Å². The molecule has 1 aromatic heterocycles. The Balaban J connectivity index is 2.02. The summed E-state index contributed by atoms with van der Waals surface area (Å²) in [6.07, 6.45) is 2.54. The van der Waals surface area contributed by atoms with Crippen molar-refractivity contribution in [3.63, 3.8) is 0 Å². The zero-order valence-electron chi connectivity index (χ0n) is 12.7. The Hall–Kier alpha value is -0.610. The van der Waals surface area contributed by atoms with Crippen molar-refractivity contribution in [1.29, 1.82) is 0 Å². The van der Waals surface area contributed by atoms with E-state index < -0.39 is 0 Å². The summed E-state index contributed by atoms with van der Waals surface area (Å²) in [5.74, 6) is 1.57. The lowest BCUT2D eigenvalue weighted by molar-refractivity contribution is 0.356. The molecule has 0 saturated carbocycles. The van der Waals surface area contributed by atoms with Gasteiger partial charge < -0.3 is 10.2 Å². The summed E-state index contributed by atoms with van der Waals surface area (Å²) in [5.41, 5.74) is 1.20. The lowest BCUT2D eigenvalue weighted by atomic mass is 9.92. The molecule has 108 valence electrons. The molecule has 0 aliphatic carbocycles. The Morgan fingerprint density at radius 1 is 1.32 bits per heavy atom. The fourth-order valence-electron chi connectivity index (χ4n) is 2.91. The largest absolute Gasteiger partial charge is 0.348 e. The van der Waals surface area contributed by atoms with Crippen LogP contribution in [0.15, 0.2) is 0 Å². The van der Waals surface area contributed by atoms with Gasteiger partial charge in [0.25, 0.3) is 0 Å². The first kappa shape index (κ1) is 14.8. The molecule has 0 aromatic carbocycles. The summed E-state index contributed by atoms with van der Waals surface area (Å²) >= 11 is 1.87. The number of hydrogen-bond acceptors (Lipinski definition) is 4. The molecule has 0 bridgehead atoms. The van der Waals surface area contributed by atoms with Gasteiger partial charge in [0.05, 0.1) is 5.69 Å². The summed E-state index contributed by atoms with van der Waals surface area (Å²) in [4.78, 5) is 8.67. The molecule has 4 heteroatoms. The van der Waals surface area contributed by atoms with Crippen molar-refractivity contribution in [2.45, 2.75) is 47.1 Å². The molecule has 1 N–H and O–H groups in total. The van der Waals surface area contributed by atoms with Crippen molar-refractivity contribution in [2.75, 3.05) is 24.5 Å². The molecule has 1 aliphatic heterocycles. The first-order chi connectivity index (χ1) is 9.10. The lowest BCUT2D eigenvalue weighted by Crippen LogP contribution is -2.38. The van der Waals surface area contributed by atoms with E-state index in [0.29, 0.717) is 0 Å². The third-order valence-corrected chi connectivity index (χ3v) is 4.95. The van der Waals surface area contributed by atoms with Crippen LogP contribution in [0.3, 0.4) is 0 Å². The number of thiazole rings is 1. The molecule has 0 amide bonds. The molecule has 0 spiro atoms. The predicted octanol–water partition coefficient (Wildman–Crippen LogP) is 3.43. The first-order valence-electron chi connectivity index (χ1n) is 7.52. The lowest BCUT2D eigenvalue weighted by Gasteiger charge is -2.34. The van der Waals surface area contributed by atoms with E-state index in [1.54, 1.807) is 0 Å². The Bertz CT molecular complexity index is 392. The zero-order chi connectivity index (χ0) is 13.8. The second-order valence-corrected chi connectivity index (χ2v) is 7.09. The number of rotatable bonds is 5. The van der Waals surface area contributed by atoms with Crippen molar-refractivity contribution in [3.05, 3.63) is 10.6 Å². The fraction of sp³-hybridized carbons (Fsp3) is 0.800. The van der Waals surface area contributed by atoms with Gasteiger partial charge in [-0.1, -0.05) is 20.8 Å². The second-order valence-electron chi connectivity index (χ2n) is 6.03. The Morgan fingerprint density at radius 3 is 2.63 bits per heavy atom. The summed E-state index contributed by atoms with van der Waals surface area (Å²) in [5, 5.41) is 4.70. The second kappa shape index (κ2) is 6.71. The van der Waals surface area contributed by atoms with Crippen LogP contribution in [0.4, 0.5) is 5.13 Å². The van der Waals surface area contributed by atoms with E-state index in [2.05, 4.69) is 37.9 Å². The third kappa shape index (κ3) is 3.93. The van der Waals surface area contributed by atoms with Crippen LogP contribution in [-0.2, 0) is 6.54 Å². The van der Waals surface area contributed by atoms with Gasteiger partial charge in [0.2, 0.25) is 0 Å². The van der Waals surface area contributed by atoms with Gasteiger partial charge in [-0.2, -0.15) is 0 Å².